The lowest BCUT2D eigenvalue weighted by Gasteiger charge is -2.03. The topological polar surface area (TPSA) is 38.8 Å². The first-order chi connectivity index (χ1) is 12.3. The molecule has 0 aromatic heterocycles. The Bertz CT molecular complexity index is 334. The molecule has 146 valence electrons. The predicted molar refractivity (Wildman–Crippen MR) is 105 cm³/mol. The molecule has 1 atom stereocenters. The summed E-state index contributed by atoms with van der Waals surface area (Å²) in [7, 11) is 0. The van der Waals surface area contributed by atoms with Gasteiger partial charge in [-0.1, -0.05) is 70.4 Å². The van der Waals surface area contributed by atoms with Gasteiger partial charge in [0.15, 0.2) is 0 Å². The summed E-state index contributed by atoms with van der Waals surface area (Å²) in [4.78, 5) is 11.5. The van der Waals surface area contributed by atoms with Crippen LogP contribution in [0.25, 0.3) is 0 Å². The largest absolute Gasteiger partial charge is 0.466 e. The fraction of sp³-hybridized carbons (Fsp3) is 0.864. The number of hydrogen-bond donors (Lipinski definition) is 0. The van der Waals surface area contributed by atoms with Crippen molar-refractivity contribution in [1.29, 1.82) is 0 Å². The molecular weight excluding hydrogens is 312 g/mol. The molecule has 0 radical (unpaired) electrons. The summed E-state index contributed by atoms with van der Waals surface area (Å²) in [5, 5.41) is 0. The van der Waals surface area contributed by atoms with Gasteiger partial charge in [0.05, 0.1) is 19.3 Å². The molecule has 1 saturated heterocycles. The van der Waals surface area contributed by atoms with E-state index < -0.39 is 0 Å². The lowest BCUT2D eigenvalue weighted by molar-refractivity contribution is -0.143. The molecule has 0 N–H and O–H groups in total. The number of carbonyl (C=O) groups excluding carboxylic acids is 1. The normalized spacial score (nSPS) is 16.4. The van der Waals surface area contributed by atoms with E-state index >= 15 is 0 Å². The van der Waals surface area contributed by atoms with Crippen LogP contribution in [0.15, 0.2) is 12.2 Å². The standard InChI is InChI=1S/C22H40O3/c1-2-3-4-5-6-7-8-9-10-11-12-13-14-15-16-17-22(23)24-19-18-21-20-25-21/h9-10,21H,2-8,11-20H2,1H3/b10-9-. The van der Waals surface area contributed by atoms with Crippen molar-refractivity contribution >= 4 is 5.97 Å². The number of esters is 1. The number of epoxide rings is 1. The molecule has 25 heavy (non-hydrogen) atoms. The minimum Gasteiger partial charge on any atom is -0.466 e. The number of hydrogen-bond acceptors (Lipinski definition) is 3. The maximum absolute atomic E-state index is 11.5. The summed E-state index contributed by atoms with van der Waals surface area (Å²) in [6.07, 6.45) is 23.1. The minimum absolute atomic E-state index is 0.0433. The van der Waals surface area contributed by atoms with Crippen LogP contribution in [0.2, 0.25) is 0 Å². The second-order valence-electron chi connectivity index (χ2n) is 7.30. The van der Waals surface area contributed by atoms with Gasteiger partial charge in [-0.3, -0.25) is 4.79 Å². The van der Waals surface area contributed by atoms with Crippen LogP contribution in [-0.2, 0) is 14.3 Å². The molecular formula is C22H40O3. The molecule has 1 aliphatic heterocycles. The molecule has 1 heterocycles. The monoisotopic (exact) mass is 352 g/mol. The van der Waals surface area contributed by atoms with Crippen molar-refractivity contribution in [3.05, 3.63) is 12.2 Å². The summed E-state index contributed by atoms with van der Waals surface area (Å²) in [6, 6.07) is 0. The Balaban J connectivity index is 1.72. The molecule has 0 aromatic carbocycles. The van der Waals surface area contributed by atoms with E-state index in [9.17, 15) is 4.79 Å². The highest BCUT2D eigenvalue weighted by molar-refractivity contribution is 5.69. The van der Waals surface area contributed by atoms with E-state index in [1.807, 2.05) is 0 Å². The highest BCUT2D eigenvalue weighted by Crippen LogP contribution is 2.13. The van der Waals surface area contributed by atoms with E-state index in [1.54, 1.807) is 0 Å². The zero-order chi connectivity index (χ0) is 18.0. The van der Waals surface area contributed by atoms with Gasteiger partial charge in [0.1, 0.15) is 0 Å². The third-order valence-corrected chi connectivity index (χ3v) is 4.75. The third kappa shape index (κ3) is 16.4. The molecule has 0 aliphatic carbocycles. The summed E-state index contributed by atoms with van der Waals surface area (Å²) >= 11 is 0. The Hall–Kier alpha value is -0.830. The fourth-order valence-corrected chi connectivity index (χ4v) is 2.95. The first kappa shape index (κ1) is 22.2. The highest BCUT2D eigenvalue weighted by Gasteiger charge is 2.22. The first-order valence-corrected chi connectivity index (χ1v) is 10.7. The van der Waals surface area contributed by atoms with Crippen LogP contribution in [0, 0.1) is 0 Å². The molecule has 0 amide bonds. The molecule has 0 spiro atoms. The molecule has 1 fully saturated rings. The van der Waals surface area contributed by atoms with Crippen molar-refractivity contribution in [2.24, 2.45) is 0 Å². The van der Waals surface area contributed by atoms with Gasteiger partial charge >= 0.3 is 5.97 Å². The van der Waals surface area contributed by atoms with Crippen molar-refractivity contribution in [3.8, 4) is 0 Å². The van der Waals surface area contributed by atoms with E-state index in [-0.39, 0.29) is 5.97 Å². The van der Waals surface area contributed by atoms with Crippen molar-refractivity contribution in [1.82, 2.24) is 0 Å². The Morgan fingerprint density at radius 2 is 1.48 bits per heavy atom. The Kier molecular flexibility index (Phi) is 14.8. The Morgan fingerprint density at radius 1 is 0.920 bits per heavy atom. The summed E-state index contributed by atoms with van der Waals surface area (Å²) in [5.74, 6) is -0.0433. The number of ether oxygens (including phenoxy) is 2. The van der Waals surface area contributed by atoms with Gasteiger partial charge in [-0.15, -0.1) is 0 Å². The van der Waals surface area contributed by atoms with Crippen LogP contribution in [0.4, 0.5) is 0 Å². The van der Waals surface area contributed by atoms with Gasteiger partial charge in [0.2, 0.25) is 0 Å². The number of allylic oxidation sites excluding steroid dienone is 2. The van der Waals surface area contributed by atoms with Gasteiger partial charge in [0, 0.05) is 12.8 Å². The van der Waals surface area contributed by atoms with Crippen molar-refractivity contribution in [3.63, 3.8) is 0 Å². The molecule has 0 aromatic rings. The zero-order valence-electron chi connectivity index (χ0n) is 16.5. The summed E-state index contributed by atoms with van der Waals surface area (Å²) in [6.45, 7) is 3.63. The quantitative estimate of drug-likeness (QED) is 0.125. The number of rotatable bonds is 18. The van der Waals surface area contributed by atoms with E-state index in [0.29, 0.717) is 19.1 Å². The maximum Gasteiger partial charge on any atom is 0.305 e. The van der Waals surface area contributed by atoms with Crippen molar-refractivity contribution in [2.75, 3.05) is 13.2 Å². The van der Waals surface area contributed by atoms with Crippen LogP contribution in [0.5, 0.6) is 0 Å². The maximum atomic E-state index is 11.5. The molecule has 3 nitrogen and oxygen atoms in total. The van der Waals surface area contributed by atoms with Crippen LogP contribution in [0.3, 0.4) is 0 Å². The second-order valence-corrected chi connectivity index (χ2v) is 7.30. The molecule has 0 bridgehead atoms. The van der Waals surface area contributed by atoms with Crippen LogP contribution < -0.4 is 0 Å². The first-order valence-electron chi connectivity index (χ1n) is 10.7. The van der Waals surface area contributed by atoms with Gasteiger partial charge in [0.25, 0.3) is 0 Å². The Labute approximate surface area is 155 Å². The lowest BCUT2D eigenvalue weighted by Crippen LogP contribution is -2.07. The minimum atomic E-state index is -0.0433. The molecule has 3 heteroatoms. The second kappa shape index (κ2) is 16.6. The van der Waals surface area contributed by atoms with Gasteiger partial charge in [-0.05, 0) is 32.1 Å². The molecule has 1 unspecified atom stereocenters. The van der Waals surface area contributed by atoms with E-state index in [2.05, 4.69) is 19.1 Å². The van der Waals surface area contributed by atoms with E-state index in [1.165, 1.54) is 70.6 Å². The Morgan fingerprint density at radius 3 is 2.08 bits per heavy atom. The van der Waals surface area contributed by atoms with Gasteiger partial charge < -0.3 is 9.47 Å². The van der Waals surface area contributed by atoms with Crippen LogP contribution >= 0.6 is 0 Å². The third-order valence-electron chi connectivity index (χ3n) is 4.75. The average molecular weight is 353 g/mol. The molecule has 1 aliphatic rings. The molecule has 1 rings (SSSR count). The average Bonchev–Trinajstić information content (AvgIpc) is 3.42. The van der Waals surface area contributed by atoms with Gasteiger partial charge in [-0.25, -0.2) is 0 Å². The summed E-state index contributed by atoms with van der Waals surface area (Å²) < 4.78 is 10.3. The lowest BCUT2D eigenvalue weighted by atomic mass is 10.1. The highest BCUT2D eigenvalue weighted by atomic mass is 16.6. The van der Waals surface area contributed by atoms with Gasteiger partial charge in [-0.2, -0.15) is 0 Å². The fourth-order valence-electron chi connectivity index (χ4n) is 2.95. The molecule has 0 saturated carbocycles. The smallest absolute Gasteiger partial charge is 0.305 e. The van der Waals surface area contributed by atoms with Crippen LogP contribution in [-0.4, -0.2) is 25.3 Å². The SMILES string of the molecule is CCCCCCCC/C=C\CCCCCCCC(=O)OCCC1CO1. The number of carbonyl (C=O) groups is 1. The van der Waals surface area contributed by atoms with E-state index in [4.69, 9.17) is 9.47 Å². The van der Waals surface area contributed by atoms with Crippen molar-refractivity contribution in [2.45, 2.75) is 109 Å². The van der Waals surface area contributed by atoms with Crippen molar-refractivity contribution < 1.29 is 14.3 Å². The number of unbranched alkanes of at least 4 members (excludes halogenated alkanes) is 11. The predicted octanol–water partition coefficient (Wildman–Crippen LogP) is 6.36. The van der Waals surface area contributed by atoms with E-state index in [0.717, 1.165) is 25.9 Å². The van der Waals surface area contributed by atoms with Crippen LogP contribution in [0.1, 0.15) is 103 Å². The summed E-state index contributed by atoms with van der Waals surface area (Å²) in [5.41, 5.74) is 0. The zero-order valence-corrected chi connectivity index (χ0v) is 16.5.